The van der Waals surface area contributed by atoms with Crippen LogP contribution >= 0.6 is 39.9 Å². The number of carbonyl (C=O) groups is 1. The number of aliphatic imine (C=N–C) groups is 1. The van der Waals surface area contributed by atoms with Gasteiger partial charge in [-0.2, -0.15) is 0 Å². The van der Waals surface area contributed by atoms with Crippen molar-refractivity contribution < 1.29 is 4.79 Å². The van der Waals surface area contributed by atoms with Crippen LogP contribution in [0.4, 0.5) is 0 Å². The molecule has 1 amide bonds. The molecule has 2 saturated carbocycles. The highest BCUT2D eigenvalue weighted by atomic mass is 127. The molecule has 0 heterocycles. The molecular weight excluding hydrogens is 519 g/mol. The molecule has 0 aromatic heterocycles. The highest BCUT2D eigenvalue weighted by Gasteiger charge is 2.45. The van der Waals surface area contributed by atoms with Crippen molar-refractivity contribution in [2.24, 2.45) is 4.99 Å². The quantitative estimate of drug-likeness (QED) is 0.191. The Hall–Kier alpha value is -0.830. The zero-order valence-electron chi connectivity index (χ0n) is 15.9. The van der Waals surface area contributed by atoms with Gasteiger partial charge in [0.15, 0.2) is 5.96 Å². The van der Waals surface area contributed by atoms with Crippen LogP contribution in [0.15, 0.2) is 33.7 Å². The second-order valence-electron chi connectivity index (χ2n) is 7.33. The van der Waals surface area contributed by atoms with Crippen molar-refractivity contribution in [3.63, 3.8) is 0 Å². The summed E-state index contributed by atoms with van der Waals surface area (Å²) in [6.07, 6.45) is 6.03. The predicted molar refractivity (Wildman–Crippen MR) is 125 cm³/mol. The Morgan fingerprint density at radius 1 is 1.26 bits per heavy atom. The van der Waals surface area contributed by atoms with E-state index in [-0.39, 0.29) is 35.3 Å². The zero-order valence-corrected chi connectivity index (χ0v) is 19.8. The van der Waals surface area contributed by atoms with Crippen LogP contribution in [-0.4, -0.2) is 37.5 Å². The maximum absolute atomic E-state index is 11.7. The summed E-state index contributed by atoms with van der Waals surface area (Å²) in [4.78, 5) is 16.5. The SMILES string of the molecule is CCNC(=NCC1(c2ccccc2Br)CC1)NCCCC(=O)NC1CC1.I. The van der Waals surface area contributed by atoms with E-state index in [0.29, 0.717) is 12.5 Å². The average molecular weight is 549 g/mol. The van der Waals surface area contributed by atoms with Crippen LogP contribution in [0.1, 0.15) is 51.0 Å². The van der Waals surface area contributed by atoms with E-state index in [1.54, 1.807) is 0 Å². The second-order valence-corrected chi connectivity index (χ2v) is 8.18. The average Bonchev–Trinajstić information content (AvgIpc) is 3.54. The van der Waals surface area contributed by atoms with Crippen LogP contribution in [0.3, 0.4) is 0 Å². The van der Waals surface area contributed by atoms with Crippen molar-refractivity contribution >= 4 is 51.8 Å². The lowest BCUT2D eigenvalue weighted by atomic mass is 9.96. The zero-order chi connectivity index (χ0) is 18.4. The molecule has 1 aromatic rings. The minimum Gasteiger partial charge on any atom is -0.357 e. The van der Waals surface area contributed by atoms with Crippen LogP contribution in [0.25, 0.3) is 0 Å². The van der Waals surface area contributed by atoms with Crippen LogP contribution in [-0.2, 0) is 10.2 Å². The maximum Gasteiger partial charge on any atom is 0.220 e. The van der Waals surface area contributed by atoms with Crippen molar-refractivity contribution in [1.29, 1.82) is 0 Å². The minimum atomic E-state index is 0. The third kappa shape index (κ3) is 6.93. The second kappa shape index (κ2) is 10.6. The summed E-state index contributed by atoms with van der Waals surface area (Å²) in [5, 5.41) is 9.69. The molecule has 2 fully saturated rings. The van der Waals surface area contributed by atoms with E-state index in [2.05, 4.69) is 63.1 Å². The first-order chi connectivity index (χ1) is 12.6. The minimum absolute atomic E-state index is 0. The first-order valence-electron chi connectivity index (χ1n) is 9.69. The van der Waals surface area contributed by atoms with E-state index < -0.39 is 0 Å². The van der Waals surface area contributed by atoms with Gasteiger partial charge in [0.05, 0.1) is 6.54 Å². The normalized spacial score (nSPS) is 17.6. The molecule has 1 aromatic carbocycles. The van der Waals surface area contributed by atoms with Gasteiger partial charge in [-0.15, -0.1) is 24.0 Å². The summed E-state index contributed by atoms with van der Waals surface area (Å²) in [6.45, 7) is 4.44. The Kier molecular flexibility index (Phi) is 8.85. The molecule has 27 heavy (non-hydrogen) atoms. The monoisotopic (exact) mass is 548 g/mol. The van der Waals surface area contributed by atoms with Crippen LogP contribution in [0.2, 0.25) is 0 Å². The highest BCUT2D eigenvalue weighted by molar-refractivity contribution is 14.0. The number of nitrogens with zero attached hydrogens (tertiary/aromatic N) is 1. The lowest BCUT2D eigenvalue weighted by Crippen LogP contribution is -2.38. The Labute approximate surface area is 187 Å². The largest absolute Gasteiger partial charge is 0.357 e. The maximum atomic E-state index is 11.7. The molecule has 0 radical (unpaired) electrons. The Morgan fingerprint density at radius 3 is 2.63 bits per heavy atom. The van der Waals surface area contributed by atoms with Crippen molar-refractivity contribution in [3.05, 3.63) is 34.3 Å². The third-order valence-electron chi connectivity index (χ3n) is 5.00. The van der Waals surface area contributed by atoms with Crippen molar-refractivity contribution in [1.82, 2.24) is 16.0 Å². The predicted octanol–water partition coefficient (Wildman–Crippen LogP) is 3.71. The third-order valence-corrected chi connectivity index (χ3v) is 5.69. The summed E-state index contributed by atoms with van der Waals surface area (Å²) in [6, 6.07) is 8.90. The lowest BCUT2D eigenvalue weighted by Gasteiger charge is -2.17. The lowest BCUT2D eigenvalue weighted by molar-refractivity contribution is -0.121. The van der Waals surface area contributed by atoms with E-state index in [9.17, 15) is 4.79 Å². The number of benzene rings is 1. The first kappa shape index (κ1) is 22.5. The molecule has 3 rings (SSSR count). The molecule has 0 unspecified atom stereocenters. The molecule has 2 aliphatic carbocycles. The molecule has 0 aliphatic heterocycles. The fraction of sp³-hybridized carbons (Fsp3) is 0.600. The molecular formula is C20H30BrIN4O. The summed E-state index contributed by atoms with van der Waals surface area (Å²) < 4.78 is 1.17. The van der Waals surface area contributed by atoms with Crippen molar-refractivity contribution in [2.75, 3.05) is 19.6 Å². The van der Waals surface area contributed by atoms with Gasteiger partial charge in [-0.25, -0.2) is 0 Å². The standard InChI is InChI=1S/C20H29BrN4O.HI/c1-2-22-19(23-13-5-8-18(26)25-15-9-10-15)24-14-20(11-12-20)16-6-3-4-7-17(16)21;/h3-4,6-7,15H,2,5,8-14H2,1H3,(H,25,26)(H2,22,23,24);1H. The number of nitrogens with one attached hydrogen (secondary N) is 3. The number of carbonyl (C=O) groups excluding carboxylic acids is 1. The van der Waals surface area contributed by atoms with Gasteiger partial charge in [-0.1, -0.05) is 34.1 Å². The molecule has 3 N–H and O–H groups in total. The van der Waals surface area contributed by atoms with Gasteiger partial charge in [0.1, 0.15) is 0 Å². The van der Waals surface area contributed by atoms with Gasteiger partial charge in [-0.3, -0.25) is 9.79 Å². The van der Waals surface area contributed by atoms with Gasteiger partial charge in [0, 0.05) is 35.4 Å². The first-order valence-corrected chi connectivity index (χ1v) is 10.5. The topological polar surface area (TPSA) is 65.5 Å². The number of guanidine groups is 1. The molecule has 2 aliphatic rings. The molecule has 0 atom stereocenters. The molecule has 5 nitrogen and oxygen atoms in total. The van der Waals surface area contributed by atoms with Gasteiger partial charge in [0.25, 0.3) is 0 Å². The van der Waals surface area contributed by atoms with Gasteiger partial charge in [-0.05, 0) is 50.7 Å². The van der Waals surface area contributed by atoms with Crippen molar-refractivity contribution in [2.45, 2.75) is 56.9 Å². The number of hydrogen-bond donors (Lipinski definition) is 3. The Bertz CT molecular complexity index is 659. The van der Waals surface area contributed by atoms with Gasteiger partial charge >= 0.3 is 0 Å². The molecule has 0 bridgehead atoms. The Morgan fingerprint density at radius 2 is 2.00 bits per heavy atom. The van der Waals surface area contributed by atoms with Gasteiger partial charge < -0.3 is 16.0 Å². The summed E-state index contributed by atoms with van der Waals surface area (Å²) in [7, 11) is 0. The molecule has 0 spiro atoms. The van der Waals surface area contributed by atoms with Crippen LogP contribution in [0, 0.1) is 0 Å². The van der Waals surface area contributed by atoms with E-state index in [1.807, 2.05) is 0 Å². The number of rotatable bonds is 9. The van der Waals surface area contributed by atoms with E-state index in [0.717, 1.165) is 44.9 Å². The summed E-state index contributed by atoms with van der Waals surface area (Å²) >= 11 is 3.68. The fourth-order valence-corrected chi connectivity index (χ4v) is 3.82. The van der Waals surface area contributed by atoms with E-state index in [4.69, 9.17) is 4.99 Å². The summed E-state index contributed by atoms with van der Waals surface area (Å²) in [5.41, 5.74) is 1.53. The van der Waals surface area contributed by atoms with Gasteiger partial charge in [0.2, 0.25) is 5.91 Å². The molecule has 150 valence electrons. The van der Waals surface area contributed by atoms with Crippen molar-refractivity contribution in [3.8, 4) is 0 Å². The number of amides is 1. The van der Waals surface area contributed by atoms with Crippen LogP contribution < -0.4 is 16.0 Å². The number of hydrogen-bond acceptors (Lipinski definition) is 2. The molecule has 0 saturated heterocycles. The van der Waals surface area contributed by atoms with Crippen LogP contribution in [0.5, 0.6) is 0 Å². The van der Waals surface area contributed by atoms with E-state index >= 15 is 0 Å². The number of halogens is 2. The fourth-order valence-electron chi connectivity index (χ4n) is 3.11. The highest BCUT2D eigenvalue weighted by Crippen LogP contribution is 2.50. The smallest absolute Gasteiger partial charge is 0.220 e. The van der Waals surface area contributed by atoms with E-state index in [1.165, 1.54) is 22.9 Å². The Balaban J connectivity index is 0.00000261. The molecule has 7 heteroatoms. The summed E-state index contributed by atoms with van der Waals surface area (Å²) in [5.74, 6) is 1.01.